The summed E-state index contributed by atoms with van der Waals surface area (Å²) in [6.07, 6.45) is 6.70. The lowest BCUT2D eigenvalue weighted by molar-refractivity contribution is -0.124. The van der Waals surface area contributed by atoms with E-state index in [2.05, 4.69) is 15.1 Å². The molecule has 3 fully saturated rings. The number of nitrogens with zero attached hydrogens (tertiary/aromatic N) is 2. The number of ketones is 1. The van der Waals surface area contributed by atoms with Crippen molar-refractivity contribution in [3.05, 3.63) is 39.9 Å². The van der Waals surface area contributed by atoms with E-state index in [0.717, 1.165) is 37.9 Å². The molecule has 2 saturated heterocycles. The first-order valence-electron chi connectivity index (χ1n) is 10.9. The molecular formula is C23H29Cl2N3O3. The molecule has 4 rings (SSSR count). The number of halogens is 2. The molecule has 2 heterocycles. The Morgan fingerprint density at radius 1 is 1.26 bits per heavy atom. The van der Waals surface area contributed by atoms with Crippen LogP contribution in [0.3, 0.4) is 0 Å². The van der Waals surface area contributed by atoms with Crippen molar-refractivity contribution in [3.8, 4) is 0 Å². The summed E-state index contributed by atoms with van der Waals surface area (Å²) in [6.45, 7) is 3.80. The van der Waals surface area contributed by atoms with Crippen LogP contribution in [0.4, 0.5) is 0 Å². The summed E-state index contributed by atoms with van der Waals surface area (Å²) in [6, 6.07) is 4.94. The summed E-state index contributed by atoms with van der Waals surface area (Å²) in [7, 11) is 0. The lowest BCUT2D eigenvalue weighted by Gasteiger charge is -2.40. The molecule has 1 aliphatic carbocycles. The molecule has 1 aromatic rings. The van der Waals surface area contributed by atoms with Gasteiger partial charge in [0.15, 0.2) is 5.78 Å². The molecule has 1 aromatic carbocycles. The van der Waals surface area contributed by atoms with Gasteiger partial charge >= 0.3 is 0 Å². The molecule has 6 nitrogen and oxygen atoms in total. The first-order chi connectivity index (χ1) is 14.9. The van der Waals surface area contributed by atoms with Crippen LogP contribution in [0, 0.1) is 5.41 Å². The number of rotatable bonds is 7. The minimum absolute atomic E-state index is 0.00600. The molecule has 0 bridgehead atoms. The summed E-state index contributed by atoms with van der Waals surface area (Å²) in [5, 5.41) is 14.4. The molecule has 2 atom stereocenters. The SMILES string of the molecule is O=C1CN(CCC(C(=O)/C=C/c2ccc(Cl)c(Cl)c2)N2CCC3(CC3)[C@H](O)C2)CCN1. The lowest BCUT2D eigenvalue weighted by atomic mass is 9.89. The topological polar surface area (TPSA) is 72.9 Å². The van der Waals surface area contributed by atoms with Crippen LogP contribution in [0.5, 0.6) is 0 Å². The standard InChI is InChI=1S/C23H29Cl2N3O3/c24-17-3-1-16(13-18(17)25)2-4-20(29)19(5-10-27-12-9-26-22(31)15-27)28-11-8-23(6-7-23)21(30)14-28/h1-4,13,19,21,30H,5-12,14-15H2,(H,26,31)/b4-2+/t19?,21-/m1/s1. The lowest BCUT2D eigenvalue weighted by Crippen LogP contribution is -2.53. The number of nitrogens with one attached hydrogen (secondary N) is 1. The van der Waals surface area contributed by atoms with Gasteiger partial charge in [0, 0.05) is 26.2 Å². The number of aliphatic hydroxyl groups excluding tert-OH is 1. The second kappa shape index (κ2) is 9.59. The van der Waals surface area contributed by atoms with Gasteiger partial charge in [0.25, 0.3) is 0 Å². The smallest absolute Gasteiger partial charge is 0.234 e. The van der Waals surface area contributed by atoms with Crippen LogP contribution in [-0.4, -0.2) is 78.0 Å². The van der Waals surface area contributed by atoms with Gasteiger partial charge in [-0.15, -0.1) is 0 Å². The maximum atomic E-state index is 13.2. The number of hydrogen-bond acceptors (Lipinski definition) is 5. The van der Waals surface area contributed by atoms with Crippen LogP contribution >= 0.6 is 23.2 Å². The van der Waals surface area contributed by atoms with E-state index >= 15 is 0 Å². The number of benzene rings is 1. The Hall–Kier alpha value is -1.44. The second-order valence-corrected chi connectivity index (χ2v) is 9.78. The summed E-state index contributed by atoms with van der Waals surface area (Å²) in [5.41, 5.74) is 0.898. The normalized spacial score (nSPS) is 25.0. The zero-order chi connectivity index (χ0) is 22.0. The van der Waals surface area contributed by atoms with E-state index < -0.39 is 0 Å². The fraction of sp³-hybridized carbons (Fsp3) is 0.565. The molecule has 0 radical (unpaired) electrons. The number of piperazine rings is 1. The van der Waals surface area contributed by atoms with E-state index in [1.54, 1.807) is 24.3 Å². The van der Waals surface area contributed by atoms with Gasteiger partial charge in [-0.05, 0) is 61.4 Å². The van der Waals surface area contributed by atoms with Gasteiger partial charge in [0.1, 0.15) is 0 Å². The van der Waals surface area contributed by atoms with Crippen molar-refractivity contribution in [2.75, 3.05) is 39.3 Å². The molecule has 8 heteroatoms. The van der Waals surface area contributed by atoms with Crippen molar-refractivity contribution in [2.45, 2.75) is 37.8 Å². The molecule has 31 heavy (non-hydrogen) atoms. The zero-order valence-corrected chi connectivity index (χ0v) is 19.0. The molecule has 0 aromatic heterocycles. The number of hydrogen-bond donors (Lipinski definition) is 2. The summed E-state index contributed by atoms with van der Waals surface area (Å²) < 4.78 is 0. The van der Waals surface area contributed by atoms with Crippen molar-refractivity contribution in [1.29, 1.82) is 0 Å². The third-order valence-electron chi connectivity index (χ3n) is 6.89. The van der Waals surface area contributed by atoms with Crippen LogP contribution in [0.15, 0.2) is 24.3 Å². The Labute approximate surface area is 193 Å². The first kappa shape index (κ1) is 22.7. The highest BCUT2D eigenvalue weighted by Gasteiger charge is 2.52. The number of amides is 1. The quantitative estimate of drug-likeness (QED) is 0.605. The molecule has 2 aliphatic heterocycles. The van der Waals surface area contributed by atoms with Crippen molar-refractivity contribution < 1.29 is 14.7 Å². The van der Waals surface area contributed by atoms with E-state index in [0.29, 0.717) is 42.6 Å². The fourth-order valence-corrected chi connectivity index (χ4v) is 4.97. The Balaban J connectivity index is 1.45. The minimum Gasteiger partial charge on any atom is -0.391 e. The Kier molecular flexibility index (Phi) is 7.04. The van der Waals surface area contributed by atoms with E-state index in [4.69, 9.17) is 23.2 Å². The predicted molar refractivity (Wildman–Crippen MR) is 122 cm³/mol. The van der Waals surface area contributed by atoms with Gasteiger partial charge in [0.05, 0.1) is 28.7 Å². The van der Waals surface area contributed by atoms with Crippen LogP contribution < -0.4 is 5.32 Å². The maximum Gasteiger partial charge on any atom is 0.234 e. The third-order valence-corrected chi connectivity index (χ3v) is 7.63. The van der Waals surface area contributed by atoms with Crippen molar-refractivity contribution in [1.82, 2.24) is 15.1 Å². The van der Waals surface area contributed by atoms with Gasteiger partial charge in [0.2, 0.25) is 5.91 Å². The predicted octanol–water partition coefficient (Wildman–Crippen LogP) is 2.61. The number of aliphatic hydroxyl groups is 1. The van der Waals surface area contributed by atoms with Crippen molar-refractivity contribution in [3.63, 3.8) is 0 Å². The molecule has 3 aliphatic rings. The number of carbonyl (C=O) groups is 2. The Morgan fingerprint density at radius 3 is 2.74 bits per heavy atom. The van der Waals surface area contributed by atoms with Crippen molar-refractivity contribution in [2.24, 2.45) is 5.41 Å². The fourth-order valence-electron chi connectivity index (χ4n) is 4.66. The van der Waals surface area contributed by atoms with Crippen molar-refractivity contribution >= 4 is 41.0 Å². The van der Waals surface area contributed by atoms with Crippen LogP contribution in [-0.2, 0) is 9.59 Å². The average molecular weight is 466 g/mol. The second-order valence-electron chi connectivity index (χ2n) is 8.96. The number of piperidine rings is 1. The molecule has 2 N–H and O–H groups in total. The minimum atomic E-state index is -0.378. The summed E-state index contributed by atoms with van der Waals surface area (Å²) >= 11 is 12.1. The van der Waals surface area contributed by atoms with E-state index in [9.17, 15) is 14.7 Å². The summed E-state index contributed by atoms with van der Waals surface area (Å²) in [4.78, 5) is 29.1. The number of likely N-dealkylation sites (tertiary alicyclic amines) is 1. The van der Waals surface area contributed by atoms with Gasteiger partial charge in [-0.3, -0.25) is 19.4 Å². The monoisotopic (exact) mass is 465 g/mol. The Bertz CT molecular complexity index is 872. The highest BCUT2D eigenvalue weighted by atomic mass is 35.5. The highest BCUT2D eigenvalue weighted by molar-refractivity contribution is 6.42. The average Bonchev–Trinajstić information content (AvgIpc) is 3.52. The van der Waals surface area contributed by atoms with Gasteiger partial charge in [-0.1, -0.05) is 35.3 Å². The molecule has 1 amide bonds. The van der Waals surface area contributed by atoms with E-state index in [1.807, 2.05) is 6.07 Å². The first-order valence-corrected chi connectivity index (χ1v) is 11.7. The molecule has 1 saturated carbocycles. The van der Waals surface area contributed by atoms with E-state index in [-0.39, 0.29) is 29.3 Å². The number of carbonyl (C=O) groups excluding carboxylic acids is 2. The number of β-amino-alcohol motifs (C(OH)–C–C–N with tert-alkyl or cyclic N) is 1. The van der Waals surface area contributed by atoms with Crippen LogP contribution in [0.1, 0.15) is 31.2 Å². The maximum absolute atomic E-state index is 13.2. The van der Waals surface area contributed by atoms with Gasteiger partial charge in [-0.25, -0.2) is 0 Å². The molecule has 1 spiro atoms. The zero-order valence-electron chi connectivity index (χ0n) is 17.5. The Morgan fingerprint density at radius 2 is 2.06 bits per heavy atom. The molecule has 168 valence electrons. The molecule has 1 unspecified atom stereocenters. The summed E-state index contributed by atoms with van der Waals surface area (Å²) in [5.74, 6) is 0.0317. The van der Waals surface area contributed by atoms with E-state index in [1.165, 1.54) is 0 Å². The van der Waals surface area contributed by atoms with Gasteiger partial charge in [-0.2, -0.15) is 0 Å². The largest absolute Gasteiger partial charge is 0.391 e. The highest BCUT2D eigenvalue weighted by Crippen LogP contribution is 2.53. The van der Waals surface area contributed by atoms with Crippen LogP contribution in [0.2, 0.25) is 10.0 Å². The van der Waals surface area contributed by atoms with Gasteiger partial charge < -0.3 is 10.4 Å². The molecular weight excluding hydrogens is 437 g/mol. The van der Waals surface area contributed by atoms with Crippen LogP contribution in [0.25, 0.3) is 6.08 Å². The third kappa shape index (κ3) is 5.49.